The monoisotopic (exact) mass is 398 g/mol. The summed E-state index contributed by atoms with van der Waals surface area (Å²) in [6, 6.07) is 14.3. The molecule has 0 atom stereocenters. The van der Waals surface area contributed by atoms with Crippen molar-refractivity contribution in [3.8, 4) is 11.3 Å². The van der Waals surface area contributed by atoms with Crippen LogP contribution in [0.25, 0.3) is 22.3 Å². The van der Waals surface area contributed by atoms with Crippen molar-refractivity contribution in [3.05, 3.63) is 105 Å². The first-order chi connectivity index (χ1) is 14.0. The number of hydrogen-bond donors (Lipinski definition) is 0. The highest BCUT2D eigenvalue weighted by atomic mass is 19.1. The van der Waals surface area contributed by atoms with E-state index < -0.39 is 29.6 Å². The first-order valence-corrected chi connectivity index (χ1v) is 8.57. The van der Waals surface area contributed by atoms with Gasteiger partial charge in [0.1, 0.15) is 24.1 Å². The number of benzene rings is 3. The van der Waals surface area contributed by atoms with Gasteiger partial charge >= 0.3 is 5.56 Å². The summed E-state index contributed by atoms with van der Waals surface area (Å²) in [6.45, 7) is -0.575. The summed E-state index contributed by atoms with van der Waals surface area (Å²) in [5, 5.41) is 12.8. The fraction of sp³-hybridized carbons (Fsp3) is 0.0476. The Bertz CT molecular complexity index is 1250. The number of rotatable bonds is 4. The molecule has 0 fully saturated rings. The Kier molecular flexibility index (Phi) is 4.67. The molecule has 4 rings (SSSR count). The van der Waals surface area contributed by atoms with E-state index in [1.807, 2.05) is 0 Å². The summed E-state index contributed by atoms with van der Waals surface area (Å²) < 4.78 is 42.3. The van der Waals surface area contributed by atoms with Gasteiger partial charge in [-0.3, -0.25) is 4.79 Å². The molecule has 0 saturated heterocycles. The third kappa shape index (κ3) is 3.29. The van der Waals surface area contributed by atoms with E-state index in [9.17, 15) is 23.2 Å². The van der Waals surface area contributed by atoms with Crippen LogP contribution in [0.1, 0.15) is 5.56 Å². The van der Waals surface area contributed by atoms with Crippen LogP contribution < -0.4 is 15.1 Å². The maximum Gasteiger partial charge on any atom is 0.357 e. The third-order valence-electron chi connectivity index (χ3n) is 4.43. The van der Waals surface area contributed by atoms with Gasteiger partial charge in [-0.15, -0.1) is 4.73 Å². The van der Waals surface area contributed by atoms with Crippen molar-refractivity contribution in [2.75, 3.05) is 0 Å². The lowest BCUT2D eigenvalue weighted by molar-refractivity contribution is -0.566. The van der Waals surface area contributed by atoms with Crippen LogP contribution in [0.5, 0.6) is 0 Å². The molecule has 4 aromatic rings. The van der Waals surface area contributed by atoms with Gasteiger partial charge in [-0.05, 0) is 42.5 Å². The normalized spacial score (nSPS) is 11.0. The van der Waals surface area contributed by atoms with Gasteiger partial charge in [-0.25, -0.2) is 13.2 Å². The molecule has 1 aromatic heterocycles. The van der Waals surface area contributed by atoms with Crippen LogP contribution in [0.3, 0.4) is 0 Å². The number of para-hydroxylation sites is 2. The van der Waals surface area contributed by atoms with Crippen molar-refractivity contribution in [1.29, 1.82) is 0 Å². The molecule has 0 spiro atoms. The zero-order valence-corrected chi connectivity index (χ0v) is 14.8. The first kappa shape index (κ1) is 18.5. The van der Waals surface area contributed by atoms with Gasteiger partial charge in [0.25, 0.3) is 5.69 Å². The molecule has 0 N–H and O–H groups in total. The van der Waals surface area contributed by atoms with Crippen molar-refractivity contribution < 1.29 is 22.7 Å². The van der Waals surface area contributed by atoms with Crippen LogP contribution >= 0.6 is 0 Å². The van der Waals surface area contributed by atoms with Gasteiger partial charge in [0.05, 0.1) is 11.1 Å². The van der Waals surface area contributed by atoms with E-state index in [4.69, 9.17) is 4.84 Å². The molecule has 0 radical (unpaired) electrons. The van der Waals surface area contributed by atoms with E-state index in [1.165, 1.54) is 30.3 Å². The molecular weight excluding hydrogens is 385 g/mol. The number of halogens is 3. The minimum atomic E-state index is -0.845. The van der Waals surface area contributed by atoms with Crippen LogP contribution in [0.2, 0.25) is 0 Å². The van der Waals surface area contributed by atoms with Gasteiger partial charge < -0.3 is 10.0 Å². The van der Waals surface area contributed by atoms with E-state index in [0.717, 1.165) is 29.0 Å². The largest absolute Gasteiger partial charge is 0.618 e. The third-order valence-corrected chi connectivity index (χ3v) is 4.43. The van der Waals surface area contributed by atoms with Crippen LogP contribution in [-0.4, -0.2) is 4.73 Å². The second-order valence-corrected chi connectivity index (χ2v) is 6.21. The Morgan fingerprint density at radius 2 is 1.55 bits per heavy atom. The zero-order valence-electron chi connectivity index (χ0n) is 14.8. The zero-order chi connectivity index (χ0) is 20.5. The highest BCUT2D eigenvalue weighted by Gasteiger charge is 2.24. The van der Waals surface area contributed by atoms with Crippen LogP contribution in [0, 0.1) is 22.7 Å². The molecule has 3 aromatic carbocycles. The predicted molar refractivity (Wildman–Crippen MR) is 99.2 cm³/mol. The van der Waals surface area contributed by atoms with Crippen molar-refractivity contribution in [2.24, 2.45) is 0 Å². The van der Waals surface area contributed by atoms with E-state index in [-0.39, 0.29) is 27.9 Å². The van der Waals surface area contributed by atoms with Crippen molar-refractivity contribution >= 4 is 11.0 Å². The molecule has 146 valence electrons. The number of aromatic nitrogens is 2. The minimum absolute atomic E-state index is 0.0976. The molecule has 0 aliphatic carbocycles. The summed E-state index contributed by atoms with van der Waals surface area (Å²) >= 11 is 0. The van der Waals surface area contributed by atoms with E-state index in [0.29, 0.717) is 4.73 Å². The molecule has 0 unspecified atom stereocenters. The summed E-state index contributed by atoms with van der Waals surface area (Å²) in [6.07, 6.45) is 0. The molecule has 0 amide bonds. The SMILES string of the molecule is O=c1c(-c2ccc(F)cc2)[n+]([O-])c2ccccc2n1OCc1c(F)cccc1F. The second-order valence-electron chi connectivity index (χ2n) is 6.21. The summed E-state index contributed by atoms with van der Waals surface area (Å²) in [5.41, 5.74) is -1.12. The maximum absolute atomic E-state index is 13.9. The molecule has 0 aliphatic heterocycles. The Labute approximate surface area is 162 Å². The summed E-state index contributed by atoms with van der Waals surface area (Å²) in [5.74, 6) is -2.18. The highest BCUT2D eigenvalue weighted by Crippen LogP contribution is 2.17. The van der Waals surface area contributed by atoms with Gasteiger partial charge in [0.2, 0.25) is 5.52 Å². The van der Waals surface area contributed by atoms with Gasteiger partial charge in [0.15, 0.2) is 5.52 Å². The minimum Gasteiger partial charge on any atom is -0.618 e. The molecule has 0 aliphatic rings. The predicted octanol–water partition coefficient (Wildman–Crippen LogP) is 3.35. The topological polar surface area (TPSA) is 58.2 Å². The van der Waals surface area contributed by atoms with Crippen LogP contribution in [0.4, 0.5) is 13.2 Å². The lowest BCUT2D eigenvalue weighted by Crippen LogP contribution is -2.42. The van der Waals surface area contributed by atoms with Crippen LogP contribution in [0.15, 0.2) is 71.5 Å². The summed E-state index contributed by atoms with van der Waals surface area (Å²) in [7, 11) is 0. The van der Waals surface area contributed by atoms with E-state index in [2.05, 4.69) is 0 Å². The number of nitrogens with zero attached hydrogens (tertiary/aromatic N) is 2. The number of hydrogen-bond acceptors (Lipinski definition) is 3. The van der Waals surface area contributed by atoms with E-state index >= 15 is 0 Å². The lowest BCUT2D eigenvalue weighted by Gasteiger charge is -2.14. The van der Waals surface area contributed by atoms with E-state index in [1.54, 1.807) is 12.1 Å². The van der Waals surface area contributed by atoms with Crippen molar-refractivity contribution in [1.82, 2.24) is 4.73 Å². The lowest BCUT2D eigenvalue weighted by atomic mass is 10.1. The Morgan fingerprint density at radius 3 is 2.24 bits per heavy atom. The number of fused-ring (bicyclic) bond motifs is 1. The van der Waals surface area contributed by atoms with Gasteiger partial charge in [-0.2, -0.15) is 4.73 Å². The maximum atomic E-state index is 13.9. The fourth-order valence-electron chi connectivity index (χ4n) is 3.00. The smallest absolute Gasteiger partial charge is 0.357 e. The first-order valence-electron chi connectivity index (χ1n) is 8.57. The molecule has 0 saturated carbocycles. The Morgan fingerprint density at radius 1 is 0.897 bits per heavy atom. The second kappa shape index (κ2) is 7.31. The Balaban J connectivity index is 1.89. The summed E-state index contributed by atoms with van der Waals surface area (Å²) in [4.78, 5) is 18.5. The molecule has 5 nitrogen and oxygen atoms in total. The van der Waals surface area contributed by atoms with Crippen LogP contribution in [-0.2, 0) is 6.61 Å². The molecule has 29 heavy (non-hydrogen) atoms. The fourth-order valence-corrected chi connectivity index (χ4v) is 3.00. The highest BCUT2D eigenvalue weighted by molar-refractivity contribution is 5.73. The van der Waals surface area contributed by atoms with Crippen molar-refractivity contribution in [2.45, 2.75) is 6.61 Å². The average Bonchev–Trinajstić information content (AvgIpc) is 2.71. The standard InChI is InChI=1S/C21H13F3N2O3/c22-14-10-8-13(9-11-14)20-21(27)26(19-7-2-1-6-18(19)25(20)28)29-12-15-16(23)4-3-5-17(15)24/h1-11H,12H2. The Hall–Kier alpha value is -3.81. The van der Waals surface area contributed by atoms with Crippen molar-refractivity contribution in [3.63, 3.8) is 0 Å². The molecular formula is C21H13F3N2O3. The molecule has 8 heteroatoms. The average molecular weight is 398 g/mol. The molecule has 1 heterocycles. The van der Waals surface area contributed by atoms with Gasteiger partial charge in [-0.1, -0.05) is 18.2 Å². The quantitative estimate of drug-likeness (QED) is 0.391. The van der Waals surface area contributed by atoms with Gasteiger partial charge in [0, 0.05) is 6.07 Å². The molecule has 0 bridgehead atoms.